The van der Waals surface area contributed by atoms with Gasteiger partial charge in [0.25, 0.3) is 0 Å². The molecule has 3 nitrogen and oxygen atoms in total. The molecule has 0 bridgehead atoms. The fourth-order valence-corrected chi connectivity index (χ4v) is 1.96. The van der Waals surface area contributed by atoms with Crippen LogP contribution < -0.4 is 10.1 Å². The zero-order valence-corrected chi connectivity index (χ0v) is 10.5. The first kappa shape index (κ1) is 12.2. The molecule has 0 spiro atoms. The molecule has 0 fully saturated rings. The maximum Gasteiger partial charge on any atom is 0.226 e. The molecule has 0 aromatic heterocycles. The number of amides is 1. The summed E-state index contributed by atoms with van der Waals surface area (Å²) in [5, 5.41) is 2.79. The maximum atomic E-state index is 11.9. The van der Waals surface area contributed by atoms with Crippen molar-refractivity contribution < 1.29 is 9.53 Å². The number of halogens is 1. The van der Waals surface area contributed by atoms with E-state index in [2.05, 4.69) is 5.32 Å². The van der Waals surface area contributed by atoms with Gasteiger partial charge in [0.2, 0.25) is 5.91 Å². The smallest absolute Gasteiger partial charge is 0.226 e. The van der Waals surface area contributed by atoms with Crippen molar-refractivity contribution in [3.63, 3.8) is 0 Å². The van der Waals surface area contributed by atoms with Crippen molar-refractivity contribution in [3.05, 3.63) is 29.8 Å². The third-order valence-corrected chi connectivity index (χ3v) is 2.96. The van der Waals surface area contributed by atoms with E-state index in [1.54, 1.807) is 0 Å². The quantitative estimate of drug-likeness (QED) is 0.837. The van der Waals surface area contributed by atoms with Gasteiger partial charge in [0.05, 0.1) is 5.92 Å². The van der Waals surface area contributed by atoms with Crippen molar-refractivity contribution in [2.45, 2.75) is 18.7 Å². The van der Waals surface area contributed by atoms with Crippen molar-refractivity contribution in [1.82, 2.24) is 5.32 Å². The molecule has 4 heteroatoms. The van der Waals surface area contributed by atoms with Crippen molar-refractivity contribution in [3.8, 4) is 5.75 Å². The van der Waals surface area contributed by atoms with E-state index in [4.69, 9.17) is 16.3 Å². The number of alkyl halides is 1. The lowest BCUT2D eigenvalue weighted by Gasteiger charge is -2.24. The number of ether oxygens (including phenoxy) is 1. The predicted molar refractivity (Wildman–Crippen MR) is 67.5 cm³/mol. The number of carbonyl (C=O) groups is 1. The van der Waals surface area contributed by atoms with Gasteiger partial charge in [-0.15, -0.1) is 11.6 Å². The third kappa shape index (κ3) is 3.13. The lowest BCUT2D eigenvalue weighted by molar-refractivity contribution is -0.126. The Hall–Kier alpha value is -1.22. The Morgan fingerprint density at radius 3 is 3.12 bits per heavy atom. The number of hydrogen-bond acceptors (Lipinski definition) is 2. The second kappa shape index (κ2) is 5.41. The molecule has 0 aliphatic carbocycles. The number of para-hydroxylation sites is 1. The standard InChI is InChI=1S/C13H16ClNO2/c1-9(14)7-15-13(16)11-6-10-4-2-3-5-12(10)17-8-11/h2-5,9,11H,6-8H2,1H3,(H,15,16). The van der Waals surface area contributed by atoms with Gasteiger partial charge in [-0.3, -0.25) is 4.79 Å². The largest absolute Gasteiger partial charge is 0.492 e. The SMILES string of the molecule is CC(Cl)CNC(=O)C1COc2ccccc2C1. The van der Waals surface area contributed by atoms with E-state index in [9.17, 15) is 4.79 Å². The molecule has 1 aliphatic heterocycles. The third-order valence-electron chi connectivity index (χ3n) is 2.81. The minimum Gasteiger partial charge on any atom is -0.492 e. The highest BCUT2D eigenvalue weighted by molar-refractivity contribution is 6.20. The Kier molecular flexibility index (Phi) is 3.89. The van der Waals surface area contributed by atoms with E-state index >= 15 is 0 Å². The van der Waals surface area contributed by atoms with Gasteiger partial charge in [-0.05, 0) is 25.0 Å². The number of hydrogen-bond donors (Lipinski definition) is 1. The van der Waals surface area contributed by atoms with Gasteiger partial charge in [-0.1, -0.05) is 18.2 Å². The van der Waals surface area contributed by atoms with Crippen LogP contribution in [-0.4, -0.2) is 24.4 Å². The van der Waals surface area contributed by atoms with Crippen LogP contribution in [0.5, 0.6) is 5.75 Å². The number of fused-ring (bicyclic) bond motifs is 1. The molecule has 1 aromatic carbocycles. The predicted octanol–water partition coefficient (Wildman–Crippen LogP) is 1.98. The fraction of sp³-hybridized carbons (Fsp3) is 0.462. The van der Waals surface area contributed by atoms with Gasteiger partial charge in [-0.2, -0.15) is 0 Å². The van der Waals surface area contributed by atoms with Gasteiger partial charge in [-0.25, -0.2) is 0 Å². The lowest BCUT2D eigenvalue weighted by Crippen LogP contribution is -2.39. The van der Waals surface area contributed by atoms with Crippen LogP contribution in [0.4, 0.5) is 0 Å². The summed E-state index contributed by atoms with van der Waals surface area (Å²) in [6, 6.07) is 7.83. The molecule has 1 heterocycles. The van der Waals surface area contributed by atoms with Crippen molar-refractivity contribution >= 4 is 17.5 Å². The van der Waals surface area contributed by atoms with Crippen molar-refractivity contribution in [2.75, 3.05) is 13.2 Å². The van der Waals surface area contributed by atoms with Gasteiger partial charge < -0.3 is 10.1 Å². The summed E-state index contributed by atoms with van der Waals surface area (Å²) in [6.45, 7) is 2.80. The average molecular weight is 254 g/mol. The molecule has 1 aromatic rings. The topological polar surface area (TPSA) is 38.3 Å². The first-order chi connectivity index (χ1) is 8.16. The van der Waals surface area contributed by atoms with Crippen LogP contribution in [0.1, 0.15) is 12.5 Å². The normalized spacial score (nSPS) is 20.0. The Bertz CT molecular complexity index is 406. The molecule has 17 heavy (non-hydrogen) atoms. The molecule has 1 N–H and O–H groups in total. The summed E-state index contributed by atoms with van der Waals surface area (Å²) in [5.41, 5.74) is 1.10. The van der Waals surface area contributed by atoms with Crippen LogP contribution in [0, 0.1) is 5.92 Å². The summed E-state index contributed by atoms with van der Waals surface area (Å²) in [4.78, 5) is 11.9. The zero-order chi connectivity index (χ0) is 12.3. The molecule has 2 rings (SSSR count). The van der Waals surface area contributed by atoms with Gasteiger partial charge >= 0.3 is 0 Å². The highest BCUT2D eigenvalue weighted by atomic mass is 35.5. The highest BCUT2D eigenvalue weighted by Gasteiger charge is 2.25. The number of nitrogens with one attached hydrogen (secondary N) is 1. The second-order valence-corrected chi connectivity index (χ2v) is 5.09. The summed E-state index contributed by atoms with van der Waals surface area (Å²) < 4.78 is 5.57. The Morgan fingerprint density at radius 1 is 1.59 bits per heavy atom. The summed E-state index contributed by atoms with van der Waals surface area (Å²) in [5.74, 6) is 0.801. The van der Waals surface area contributed by atoms with E-state index in [0.717, 1.165) is 17.7 Å². The Balaban J connectivity index is 1.95. The van der Waals surface area contributed by atoms with Crippen molar-refractivity contribution in [1.29, 1.82) is 0 Å². The molecule has 1 amide bonds. The molecule has 2 atom stereocenters. The minimum atomic E-state index is -0.111. The minimum absolute atomic E-state index is 0.0204. The number of rotatable bonds is 3. The van der Waals surface area contributed by atoms with Gasteiger partial charge in [0.1, 0.15) is 12.4 Å². The zero-order valence-electron chi connectivity index (χ0n) is 9.78. The summed E-state index contributed by atoms with van der Waals surface area (Å²) in [7, 11) is 0. The molecular formula is C13H16ClNO2. The maximum absolute atomic E-state index is 11.9. The van der Waals surface area contributed by atoms with Gasteiger partial charge in [0.15, 0.2) is 0 Å². The van der Waals surface area contributed by atoms with E-state index in [0.29, 0.717) is 13.2 Å². The van der Waals surface area contributed by atoms with Crippen LogP contribution in [0.2, 0.25) is 0 Å². The highest BCUT2D eigenvalue weighted by Crippen LogP contribution is 2.26. The van der Waals surface area contributed by atoms with Crippen molar-refractivity contribution in [2.24, 2.45) is 5.92 Å². The summed E-state index contributed by atoms with van der Waals surface area (Å²) in [6.07, 6.45) is 0.735. The molecular weight excluding hydrogens is 238 g/mol. The van der Waals surface area contributed by atoms with Crippen LogP contribution >= 0.6 is 11.6 Å². The Morgan fingerprint density at radius 2 is 2.35 bits per heavy atom. The van der Waals surface area contributed by atoms with E-state index in [1.807, 2.05) is 31.2 Å². The second-order valence-electron chi connectivity index (χ2n) is 4.35. The lowest BCUT2D eigenvalue weighted by atomic mass is 9.96. The summed E-state index contributed by atoms with van der Waals surface area (Å²) >= 11 is 5.80. The van der Waals surface area contributed by atoms with E-state index < -0.39 is 0 Å². The van der Waals surface area contributed by atoms with E-state index in [-0.39, 0.29) is 17.2 Å². The van der Waals surface area contributed by atoms with Crippen LogP contribution in [-0.2, 0) is 11.2 Å². The fourth-order valence-electron chi connectivity index (χ4n) is 1.88. The van der Waals surface area contributed by atoms with Crippen LogP contribution in [0.15, 0.2) is 24.3 Å². The number of carbonyl (C=O) groups excluding carboxylic acids is 1. The first-order valence-electron chi connectivity index (χ1n) is 5.79. The molecule has 0 radical (unpaired) electrons. The molecule has 1 aliphatic rings. The van der Waals surface area contributed by atoms with Crippen LogP contribution in [0.3, 0.4) is 0 Å². The molecule has 92 valence electrons. The van der Waals surface area contributed by atoms with Gasteiger partial charge in [0, 0.05) is 11.9 Å². The average Bonchev–Trinajstić information content (AvgIpc) is 2.35. The van der Waals surface area contributed by atoms with Crippen LogP contribution in [0.25, 0.3) is 0 Å². The van der Waals surface area contributed by atoms with E-state index in [1.165, 1.54) is 0 Å². The Labute approximate surface area is 106 Å². The molecule has 0 saturated carbocycles. The molecule has 0 saturated heterocycles. The number of benzene rings is 1. The first-order valence-corrected chi connectivity index (χ1v) is 6.23. The molecule has 2 unspecified atom stereocenters. The monoisotopic (exact) mass is 253 g/mol.